The second kappa shape index (κ2) is 10.4. The van der Waals surface area contributed by atoms with Gasteiger partial charge in [0.2, 0.25) is 5.91 Å². The fraction of sp³-hybridized carbons (Fsp3) is 0.500. The molecule has 0 aliphatic heterocycles. The van der Waals surface area contributed by atoms with E-state index in [1.165, 1.54) is 19.3 Å². The molecule has 0 atom stereocenters. The van der Waals surface area contributed by atoms with E-state index in [4.69, 9.17) is 10.00 Å². The van der Waals surface area contributed by atoms with Crippen LogP contribution in [-0.2, 0) is 22.6 Å². The summed E-state index contributed by atoms with van der Waals surface area (Å²) in [4.78, 5) is 28.3. The molecule has 4 aliphatic rings. The smallest absolute Gasteiger partial charge is 0.254 e. The topological polar surface area (TPSA) is 82.4 Å². The van der Waals surface area contributed by atoms with Gasteiger partial charge in [-0.25, -0.2) is 0 Å². The molecular weight excluding hydrogens is 450 g/mol. The minimum Gasteiger partial charge on any atom is -0.383 e. The molecule has 2 aromatic carbocycles. The van der Waals surface area contributed by atoms with Crippen LogP contribution in [0.4, 0.5) is 0 Å². The maximum absolute atomic E-state index is 13.3. The standard InChI is InChI=1S/C30H35N3O3/c1-36-11-10-33(20-23-4-2-21(18-31)3-5-23)28(34)27-8-6-22(7-9-27)19-32-29(35)30-15-24-12-25(16-30)14-26(13-24)17-30/h2-9,24-26H,10-17,19-20H2,1H3,(H,32,35). The highest BCUT2D eigenvalue weighted by atomic mass is 16.5. The molecule has 6 rings (SSSR count). The Kier molecular flexibility index (Phi) is 7.11. The monoisotopic (exact) mass is 485 g/mol. The molecule has 4 bridgehead atoms. The molecule has 0 heterocycles. The molecule has 36 heavy (non-hydrogen) atoms. The Bertz CT molecular complexity index is 1100. The molecular formula is C30H35N3O3. The highest BCUT2D eigenvalue weighted by Gasteiger charge is 2.54. The summed E-state index contributed by atoms with van der Waals surface area (Å²) >= 11 is 0. The van der Waals surface area contributed by atoms with Crippen LogP contribution < -0.4 is 5.32 Å². The average molecular weight is 486 g/mol. The molecule has 0 spiro atoms. The third-order valence-corrected chi connectivity index (χ3v) is 8.48. The molecule has 6 heteroatoms. The van der Waals surface area contributed by atoms with Crippen LogP contribution in [0.2, 0.25) is 0 Å². The van der Waals surface area contributed by atoms with Gasteiger partial charge in [-0.3, -0.25) is 9.59 Å². The maximum Gasteiger partial charge on any atom is 0.254 e. The Labute approximate surface area is 213 Å². The van der Waals surface area contributed by atoms with Crippen LogP contribution in [0.25, 0.3) is 0 Å². The van der Waals surface area contributed by atoms with Crippen molar-refractivity contribution in [3.05, 3.63) is 70.8 Å². The van der Waals surface area contributed by atoms with Gasteiger partial charge in [0.15, 0.2) is 0 Å². The predicted octanol–water partition coefficient (Wildman–Crippen LogP) is 4.68. The van der Waals surface area contributed by atoms with E-state index in [0.29, 0.717) is 37.4 Å². The molecule has 2 aromatic rings. The number of nitriles is 1. The summed E-state index contributed by atoms with van der Waals surface area (Å²) in [6.45, 7) is 1.85. The van der Waals surface area contributed by atoms with Gasteiger partial charge >= 0.3 is 0 Å². The Morgan fingerprint density at radius 2 is 1.56 bits per heavy atom. The van der Waals surface area contributed by atoms with E-state index in [9.17, 15) is 9.59 Å². The number of nitrogens with zero attached hydrogens (tertiary/aromatic N) is 2. The predicted molar refractivity (Wildman–Crippen MR) is 137 cm³/mol. The van der Waals surface area contributed by atoms with Gasteiger partial charge in [0.1, 0.15) is 0 Å². The van der Waals surface area contributed by atoms with E-state index in [1.54, 1.807) is 24.1 Å². The molecule has 2 amide bonds. The zero-order valence-electron chi connectivity index (χ0n) is 21.0. The Morgan fingerprint density at radius 1 is 0.972 bits per heavy atom. The van der Waals surface area contributed by atoms with Gasteiger partial charge in [-0.1, -0.05) is 24.3 Å². The normalized spacial score (nSPS) is 25.8. The lowest BCUT2D eigenvalue weighted by molar-refractivity contribution is -0.146. The maximum atomic E-state index is 13.3. The summed E-state index contributed by atoms with van der Waals surface area (Å²) < 4.78 is 5.22. The summed E-state index contributed by atoms with van der Waals surface area (Å²) in [6.07, 6.45) is 7.18. The van der Waals surface area contributed by atoms with Crippen molar-refractivity contribution in [2.24, 2.45) is 23.2 Å². The van der Waals surface area contributed by atoms with Crippen LogP contribution in [-0.4, -0.2) is 37.0 Å². The summed E-state index contributed by atoms with van der Waals surface area (Å²) in [5.74, 6) is 2.41. The lowest BCUT2D eigenvalue weighted by Gasteiger charge is -2.55. The van der Waals surface area contributed by atoms with Crippen LogP contribution in [0.3, 0.4) is 0 Å². The van der Waals surface area contributed by atoms with Crippen molar-refractivity contribution < 1.29 is 14.3 Å². The van der Waals surface area contributed by atoms with Crippen molar-refractivity contribution >= 4 is 11.8 Å². The first-order valence-corrected chi connectivity index (χ1v) is 13.1. The minimum absolute atomic E-state index is 0.0689. The van der Waals surface area contributed by atoms with E-state index in [-0.39, 0.29) is 17.2 Å². The summed E-state index contributed by atoms with van der Waals surface area (Å²) in [5.41, 5.74) is 3.02. The third kappa shape index (κ3) is 5.17. The summed E-state index contributed by atoms with van der Waals surface area (Å²) in [6, 6.07) is 16.9. The van der Waals surface area contributed by atoms with Gasteiger partial charge in [-0.05, 0) is 91.7 Å². The lowest BCUT2D eigenvalue weighted by Crippen LogP contribution is -2.53. The summed E-state index contributed by atoms with van der Waals surface area (Å²) in [5, 5.41) is 12.2. The van der Waals surface area contributed by atoms with Crippen LogP contribution in [0.5, 0.6) is 0 Å². The molecule has 188 valence electrons. The van der Waals surface area contributed by atoms with Gasteiger partial charge in [-0.2, -0.15) is 5.26 Å². The van der Waals surface area contributed by atoms with E-state index < -0.39 is 0 Å². The van der Waals surface area contributed by atoms with Gasteiger partial charge in [0.05, 0.1) is 18.2 Å². The van der Waals surface area contributed by atoms with Crippen molar-refractivity contribution in [3.8, 4) is 6.07 Å². The number of rotatable bonds is 9. The molecule has 6 nitrogen and oxygen atoms in total. The molecule has 0 radical (unpaired) electrons. The van der Waals surface area contributed by atoms with E-state index in [0.717, 1.165) is 48.1 Å². The van der Waals surface area contributed by atoms with Gasteiger partial charge in [0.25, 0.3) is 5.91 Å². The third-order valence-electron chi connectivity index (χ3n) is 8.48. The Hall–Kier alpha value is -3.17. The van der Waals surface area contributed by atoms with Crippen molar-refractivity contribution in [1.82, 2.24) is 10.2 Å². The van der Waals surface area contributed by atoms with Crippen LogP contribution in [0.1, 0.15) is 65.6 Å². The largest absolute Gasteiger partial charge is 0.383 e. The number of nitrogens with one attached hydrogen (secondary N) is 1. The Morgan fingerprint density at radius 3 is 2.11 bits per heavy atom. The Balaban J connectivity index is 1.20. The highest BCUT2D eigenvalue weighted by molar-refractivity contribution is 5.94. The zero-order valence-corrected chi connectivity index (χ0v) is 21.0. The molecule has 4 aliphatic carbocycles. The number of benzene rings is 2. The first-order valence-electron chi connectivity index (χ1n) is 13.1. The van der Waals surface area contributed by atoms with Crippen molar-refractivity contribution in [1.29, 1.82) is 5.26 Å². The SMILES string of the molecule is COCCN(Cc1ccc(C#N)cc1)C(=O)c1ccc(CNC(=O)C23CC4CC(CC(C4)C2)C3)cc1. The average Bonchev–Trinajstić information content (AvgIpc) is 2.89. The zero-order chi connectivity index (χ0) is 25.1. The van der Waals surface area contributed by atoms with Crippen LogP contribution >= 0.6 is 0 Å². The van der Waals surface area contributed by atoms with E-state index >= 15 is 0 Å². The second-order valence-corrected chi connectivity index (χ2v) is 11.1. The number of hydrogen-bond acceptors (Lipinski definition) is 4. The molecule has 0 unspecified atom stereocenters. The quantitative estimate of drug-likeness (QED) is 0.559. The number of ether oxygens (including phenoxy) is 1. The van der Waals surface area contributed by atoms with Crippen LogP contribution in [0.15, 0.2) is 48.5 Å². The molecule has 1 N–H and O–H groups in total. The van der Waals surface area contributed by atoms with Gasteiger partial charge in [-0.15, -0.1) is 0 Å². The molecule has 4 saturated carbocycles. The van der Waals surface area contributed by atoms with Crippen molar-refractivity contribution in [3.63, 3.8) is 0 Å². The second-order valence-electron chi connectivity index (χ2n) is 11.1. The molecule has 0 aromatic heterocycles. The fourth-order valence-electron chi connectivity index (χ4n) is 7.07. The van der Waals surface area contributed by atoms with Gasteiger partial charge in [0, 0.05) is 37.7 Å². The number of hydrogen-bond donors (Lipinski definition) is 1. The minimum atomic E-state index is -0.141. The van der Waals surface area contributed by atoms with Gasteiger partial charge < -0.3 is 15.0 Å². The highest BCUT2D eigenvalue weighted by Crippen LogP contribution is 2.60. The molecule has 4 fully saturated rings. The molecule has 0 saturated heterocycles. The number of amides is 2. The van der Waals surface area contributed by atoms with Crippen molar-refractivity contribution in [2.45, 2.75) is 51.6 Å². The first kappa shape index (κ1) is 24.5. The fourth-order valence-corrected chi connectivity index (χ4v) is 7.07. The first-order chi connectivity index (χ1) is 17.5. The summed E-state index contributed by atoms with van der Waals surface area (Å²) in [7, 11) is 1.62. The van der Waals surface area contributed by atoms with E-state index in [2.05, 4.69) is 11.4 Å². The van der Waals surface area contributed by atoms with Crippen molar-refractivity contribution in [2.75, 3.05) is 20.3 Å². The van der Waals surface area contributed by atoms with Crippen LogP contribution in [0, 0.1) is 34.5 Å². The number of carbonyl (C=O) groups is 2. The number of methoxy groups -OCH3 is 1. The lowest BCUT2D eigenvalue weighted by atomic mass is 9.49. The number of carbonyl (C=O) groups excluding carboxylic acids is 2. The van der Waals surface area contributed by atoms with E-state index in [1.807, 2.05) is 36.4 Å².